The van der Waals surface area contributed by atoms with Gasteiger partial charge in [-0.2, -0.15) is 0 Å². The standard InChI is InChI=1S/C20H18N4S/c1-21-9-11-23(15-21)17-5-3-7-19(13-17)25-20-8-4-6-18(14-20)24-12-10-22(2)16-24/h3-14H,1-2H3/q+4. The third-order valence-electron chi connectivity index (χ3n) is 3.84. The fourth-order valence-corrected chi connectivity index (χ4v) is 3.55. The van der Waals surface area contributed by atoms with E-state index in [9.17, 15) is 0 Å². The monoisotopic (exact) mass is 346 g/mol. The van der Waals surface area contributed by atoms with Crippen LogP contribution in [-0.4, -0.2) is 44.4 Å². The van der Waals surface area contributed by atoms with E-state index in [1.165, 1.54) is 9.79 Å². The van der Waals surface area contributed by atoms with E-state index in [0.29, 0.717) is 0 Å². The summed E-state index contributed by atoms with van der Waals surface area (Å²) in [5.74, 6) is 0. The zero-order valence-corrected chi connectivity index (χ0v) is 14.9. The van der Waals surface area contributed by atoms with Crippen LogP contribution in [0.15, 0.2) is 83.1 Å². The lowest BCUT2D eigenvalue weighted by atomic mass is 10.3. The summed E-state index contributed by atoms with van der Waals surface area (Å²) in [7, 11) is 3.94. The first kappa shape index (κ1) is 15.6. The number of hydrogen-bond acceptors (Lipinski definition) is 1. The molecule has 0 radical (unpaired) electrons. The van der Waals surface area contributed by atoms with Crippen LogP contribution in [0.3, 0.4) is 0 Å². The van der Waals surface area contributed by atoms with Gasteiger partial charge in [0.15, 0.2) is 14.1 Å². The average Bonchev–Trinajstić information content (AvgIpc) is 3.24. The second-order valence-corrected chi connectivity index (χ2v) is 7.00. The van der Waals surface area contributed by atoms with Crippen LogP contribution >= 0.6 is 11.8 Å². The molecule has 25 heavy (non-hydrogen) atoms. The number of rotatable bonds is 4. The highest BCUT2D eigenvalue weighted by Gasteiger charge is 2.18. The molecule has 0 aromatic heterocycles. The molecule has 0 saturated carbocycles. The van der Waals surface area contributed by atoms with Crippen molar-refractivity contribution in [3.8, 4) is 0 Å². The summed E-state index contributed by atoms with van der Waals surface area (Å²) in [4.78, 5) is 2.39. The Bertz CT molecular complexity index is 977. The molecule has 2 aliphatic heterocycles. The predicted octanol–water partition coefficient (Wildman–Crippen LogP) is 3.73. The van der Waals surface area contributed by atoms with Crippen LogP contribution in [0, 0.1) is 0 Å². The maximum atomic E-state index is 3.23. The van der Waals surface area contributed by atoms with Gasteiger partial charge in [-0.15, -0.1) is 0 Å². The second-order valence-electron chi connectivity index (χ2n) is 5.85. The van der Waals surface area contributed by atoms with E-state index in [1.807, 2.05) is 57.2 Å². The first-order chi connectivity index (χ1) is 12.2. The van der Waals surface area contributed by atoms with Crippen molar-refractivity contribution in [2.45, 2.75) is 9.79 Å². The van der Waals surface area contributed by atoms with Gasteiger partial charge < -0.3 is 0 Å². The minimum absolute atomic E-state index is 1.10. The van der Waals surface area contributed by atoms with Crippen LogP contribution in [0.25, 0.3) is 0 Å². The lowest BCUT2D eigenvalue weighted by Gasteiger charge is -2.01. The van der Waals surface area contributed by atoms with Gasteiger partial charge in [0.1, 0.15) is 0 Å². The van der Waals surface area contributed by atoms with E-state index in [0.717, 1.165) is 11.4 Å². The molecule has 0 fully saturated rings. The van der Waals surface area contributed by atoms with Crippen molar-refractivity contribution < 1.29 is 18.3 Å². The lowest BCUT2D eigenvalue weighted by molar-refractivity contribution is -0.429. The summed E-state index contributed by atoms with van der Waals surface area (Å²) in [6.07, 6.45) is 7.98. The molecule has 2 aliphatic rings. The molecule has 0 bridgehead atoms. The molecule has 5 heteroatoms. The molecule has 0 amide bonds. The fraction of sp³-hybridized carbons (Fsp3) is 0.100. The van der Waals surface area contributed by atoms with Crippen molar-refractivity contribution in [1.29, 1.82) is 0 Å². The normalized spacial score (nSPS) is 15.1. The van der Waals surface area contributed by atoms with Crippen LogP contribution < -0.4 is 0 Å². The molecule has 0 saturated heterocycles. The van der Waals surface area contributed by atoms with Gasteiger partial charge >= 0.3 is 12.0 Å². The van der Waals surface area contributed by atoms with Gasteiger partial charge in [0, 0.05) is 34.1 Å². The Hall–Kier alpha value is -2.97. The highest BCUT2D eigenvalue weighted by Crippen LogP contribution is 2.32. The van der Waals surface area contributed by atoms with Crippen molar-refractivity contribution in [3.05, 3.63) is 73.3 Å². The Morgan fingerprint density at radius 1 is 0.680 bits per heavy atom. The van der Waals surface area contributed by atoms with Crippen LogP contribution in [0.4, 0.5) is 11.4 Å². The number of benzene rings is 2. The van der Waals surface area contributed by atoms with Gasteiger partial charge in [-0.1, -0.05) is 42.2 Å². The predicted molar refractivity (Wildman–Crippen MR) is 97.5 cm³/mol. The number of nitrogens with zero attached hydrogens (tertiary/aromatic N) is 4. The van der Waals surface area contributed by atoms with Gasteiger partial charge in [0.2, 0.25) is 23.8 Å². The van der Waals surface area contributed by atoms with Crippen LogP contribution in [0.1, 0.15) is 0 Å². The summed E-state index contributed by atoms with van der Waals surface area (Å²) >= 11 is 1.75. The van der Waals surface area contributed by atoms with Gasteiger partial charge in [-0.25, -0.2) is 0 Å². The molecule has 0 unspecified atom stereocenters. The van der Waals surface area contributed by atoms with Gasteiger partial charge in [0.05, 0.1) is 0 Å². The zero-order valence-electron chi connectivity index (χ0n) is 14.1. The minimum Gasteiger partial charge on any atom is -0.0968 e. The Morgan fingerprint density at radius 3 is 1.56 bits per heavy atom. The van der Waals surface area contributed by atoms with Crippen molar-refractivity contribution in [2.75, 3.05) is 14.1 Å². The Morgan fingerprint density at radius 2 is 1.16 bits per heavy atom. The molecule has 0 spiro atoms. The summed E-state index contributed by atoms with van der Waals surface area (Å²) in [5, 5.41) is 0. The van der Waals surface area contributed by atoms with Crippen LogP contribution in [-0.2, 0) is 0 Å². The molecule has 120 valence electrons. The van der Waals surface area contributed by atoms with Crippen LogP contribution in [0.2, 0.25) is 0 Å². The maximum absolute atomic E-state index is 3.23. The molecule has 2 heterocycles. The maximum Gasteiger partial charge on any atom is 0.495 e. The Labute approximate surface area is 151 Å². The quantitative estimate of drug-likeness (QED) is 0.768. The van der Waals surface area contributed by atoms with Crippen molar-refractivity contribution in [2.24, 2.45) is 0 Å². The smallest absolute Gasteiger partial charge is 0.0968 e. The summed E-state index contributed by atoms with van der Waals surface area (Å²) in [6.45, 7) is 0. The van der Waals surface area contributed by atoms with Gasteiger partial charge in [0.25, 0.3) is 12.4 Å². The highest BCUT2D eigenvalue weighted by atomic mass is 32.2. The van der Waals surface area contributed by atoms with Gasteiger partial charge in [-0.3, -0.25) is 0 Å². The Kier molecular flexibility index (Phi) is 4.04. The second kappa shape index (κ2) is 6.50. The molecule has 0 N–H and O–H groups in total. The van der Waals surface area contributed by atoms with Crippen LogP contribution in [0.5, 0.6) is 0 Å². The highest BCUT2D eigenvalue weighted by molar-refractivity contribution is 7.99. The largest absolute Gasteiger partial charge is 0.495 e. The molecule has 2 aromatic rings. The SMILES string of the molecule is C[N+]1=C=[N+](c2cccc(Sc3cccc([N+]4=C=[N+](C)C=C4)c3)c2)C=C1. The molecular weight excluding hydrogens is 328 g/mol. The van der Waals surface area contributed by atoms with Crippen molar-refractivity contribution >= 4 is 35.2 Å². The molecule has 2 aromatic carbocycles. The van der Waals surface area contributed by atoms with Gasteiger partial charge in [-0.05, 0) is 12.1 Å². The van der Waals surface area contributed by atoms with E-state index in [2.05, 4.69) is 60.5 Å². The van der Waals surface area contributed by atoms with E-state index in [4.69, 9.17) is 0 Å². The van der Waals surface area contributed by atoms with Crippen molar-refractivity contribution in [1.82, 2.24) is 0 Å². The topological polar surface area (TPSA) is 12.0 Å². The van der Waals surface area contributed by atoms with E-state index >= 15 is 0 Å². The third kappa shape index (κ3) is 3.44. The van der Waals surface area contributed by atoms with E-state index in [1.54, 1.807) is 11.8 Å². The molecule has 0 atom stereocenters. The third-order valence-corrected chi connectivity index (χ3v) is 4.82. The average molecular weight is 346 g/mol. The van der Waals surface area contributed by atoms with Crippen molar-refractivity contribution in [3.63, 3.8) is 0 Å². The molecular formula is C20H18N4S+4. The Balaban J connectivity index is 1.61. The summed E-state index contributed by atoms with van der Waals surface area (Å²) < 4.78 is 7.82. The summed E-state index contributed by atoms with van der Waals surface area (Å²) in [5.41, 5.74) is 2.21. The molecule has 4 nitrogen and oxygen atoms in total. The van der Waals surface area contributed by atoms with E-state index in [-0.39, 0.29) is 0 Å². The number of hydrogen-bond donors (Lipinski definition) is 0. The minimum atomic E-state index is 1.10. The molecule has 0 aliphatic carbocycles. The first-order valence-corrected chi connectivity index (χ1v) is 8.80. The van der Waals surface area contributed by atoms with E-state index < -0.39 is 0 Å². The first-order valence-electron chi connectivity index (χ1n) is 7.99. The zero-order chi connectivity index (χ0) is 17.2. The molecule has 4 rings (SSSR count). The summed E-state index contributed by atoms with van der Waals surface area (Å²) in [6, 6.07) is 23.4. The lowest BCUT2D eigenvalue weighted by Crippen LogP contribution is -1.94. The fourth-order valence-electron chi connectivity index (χ4n) is 2.62.